The quantitative estimate of drug-likeness (QED) is 0.308. The summed E-state index contributed by atoms with van der Waals surface area (Å²) < 4.78 is 26.6. The molecule has 0 heterocycles. The molecule has 0 aromatic heterocycles. The van der Waals surface area contributed by atoms with E-state index in [9.17, 15) is 18.0 Å². The summed E-state index contributed by atoms with van der Waals surface area (Å²) in [5.74, 6) is -1.38. The van der Waals surface area contributed by atoms with Crippen molar-refractivity contribution in [1.29, 1.82) is 5.41 Å². The average Bonchev–Trinajstić information content (AvgIpc) is 2.73. The first-order valence-electron chi connectivity index (χ1n) is 9.03. The molecule has 0 saturated carbocycles. The van der Waals surface area contributed by atoms with E-state index in [-0.39, 0.29) is 17.3 Å². The van der Waals surface area contributed by atoms with Gasteiger partial charge in [-0.25, -0.2) is 4.79 Å². The second kappa shape index (κ2) is 8.80. The maximum atomic E-state index is 12.8. The molecular weight excluding hydrogens is 418 g/mol. The van der Waals surface area contributed by atoms with Gasteiger partial charge in [0, 0.05) is 16.8 Å². The first-order valence-corrected chi connectivity index (χ1v) is 10.8. The van der Waals surface area contributed by atoms with Crippen molar-refractivity contribution in [3.63, 3.8) is 0 Å². The number of hydrogen-bond acceptors (Lipinski definition) is 6. The minimum absolute atomic E-state index is 0.0629. The molecule has 0 aliphatic heterocycles. The SMILES string of the molecule is CS(=O)(=O)OC(=O)c1ccc(-c2ccccc2C(=O)Nc2ccc(C(=N)N)cc2)cc1. The van der Waals surface area contributed by atoms with E-state index in [4.69, 9.17) is 11.1 Å². The van der Waals surface area contributed by atoms with Gasteiger partial charge in [-0.2, -0.15) is 8.42 Å². The minimum atomic E-state index is -3.91. The number of anilines is 1. The van der Waals surface area contributed by atoms with Crippen LogP contribution in [0.2, 0.25) is 0 Å². The Morgan fingerprint density at radius 1 is 0.903 bits per heavy atom. The molecule has 1 amide bonds. The molecule has 0 saturated heterocycles. The second-order valence-corrected chi connectivity index (χ2v) is 8.22. The van der Waals surface area contributed by atoms with Gasteiger partial charge < -0.3 is 15.2 Å². The van der Waals surface area contributed by atoms with Crippen molar-refractivity contribution in [3.8, 4) is 11.1 Å². The molecule has 3 aromatic carbocycles. The molecule has 0 bridgehead atoms. The van der Waals surface area contributed by atoms with Crippen LogP contribution in [0, 0.1) is 5.41 Å². The Kier molecular flexibility index (Phi) is 6.17. The molecule has 3 aromatic rings. The lowest BCUT2D eigenvalue weighted by Gasteiger charge is -2.11. The topological polar surface area (TPSA) is 139 Å². The summed E-state index contributed by atoms with van der Waals surface area (Å²) >= 11 is 0. The highest BCUT2D eigenvalue weighted by Crippen LogP contribution is 2.25. The van der Waals surface area contributed by atoms with Gasteiger partial charge in [-0.05, 0) is 53.6 Å². The summed E-state index contributed by atoms with van der Waals surface area (Å²) in [7, 11) is -3.91. The standard InChI is InChI=1S/C22H19N3O5S/c1-31(28,29)30-22(27)16-8-6-14(7-9-16)18-4-2-3-5-19(18)21(26)25-17-12-10-15(11-13-17)20(23)24/h2-13H,1H3,(H3,23,24)(H,25,26). The Morgan fingerprint density at radius 3 is 2.06 bits per heavy atom. The average molecular weight is 437 g/mol. The van der Waals surface area contributed by atoms with E-state index in [2.05, 4.69) is 9.50 Å². The maximum Gasteiger partial charge on any atom is 0.353 e. The van der Waals surface area contributed by atoms with Crippen LogP contribution in [0.4, 0.5) is 5.69 Å². The summed E-state index contributed by atoms with van der Waals surface area (Å²) in [6.45, 7) is 0. The number of amides is 1. The van der Waals surface area contributed by atoms with Crippen LogP contribution in [-0.4, -0.2) is 32.4 Å². The molecule has 0 aliphatic rings. The number of carbonyl (C=O) groups excluding carboxylic acids is 2. The molecule has 8 nitrogen and oxygen atoms in total. The van der Waals surface area contributed by atoms with Gasteiger partial charge in [0.2, 0.25) is 0 Å². The summed E-state index contributed by atoms with van der Waals surface area (Å²) in [5, 5.41) is 10.2. The van der Waals surface area contributed by atoms with Crippen molar-refractivity contribution in [2.75, 3.05) is 11.6 Å². The van der Waals surface area contributed by atoms with Crippen molar-refractivity contribution >= 4 is 33.5 Å². The first-order chi connectivity index (χ1) is 14.6. The van der Waals surface area contributed by atoms with Crippen LogP contribution in [0.3, 0.4) is 0 Å². The van der Waals surface area contributed by atoms with E-state index in [0.717, 1.165) is 6.26 Å². The van der Waals surface area contributed by atoms with Crippen molar-refractivity contribution < 1.29 is 22.2 Å². The van der Waals surface area contributed by atoms with Gasteiger partial charge in [0.05, 0.1) is 11.8 Å². The predicted octanol–water partition coefficient (Wildman–Crippen LogP) is 3.01. The monoisotopic (exact) mass is 437 g/mol. The van der Waals surface area contributed by atoms with Crippen LogP contribution in [0.25, 0.3) is 11.1 Å². The number of amidine groups is 1. The number of nitrogen functional groups attached to an aromatic ring is 1. The van der Waals surface area contributed by atoms with E-state index in [1.807, 2.05) is 0 Å². The lowest BCUT2D eigenvalue weighted by molar-refractivity contribution is 0.0748. The smallest absolute Gasteiger partial charge is 0.353 e. The Balaban J connectivity index is 1.83. The Morgan fingerprint density at radius 2 is 1.48 bits per heavy atom. The fourth-order valence-corrected chi connectivity index (χ4v) is 3.21. The summed E-state index contributed by atoms with van der Waals surface area (Å²) in [6, 6.07) is 19.6. The predicted molar refractivity (Wildman–Crippen MR) is 118 cm³/mol. The molecule has 158 valence electrons. The zero-order valence-corrected chi connectivity index (χ0v) is 17.3. The summed E-state index contributed by atoms with van der Waals surface area (Å²) in [4.78, 5) is 24.7. The highest BCUT2D eigenvalue weighted by atomic mass is 32.2. The number of nitrogens with two attached hydrogens (primary N) is 1. The fraction of sp³-hybridized carbons (Fsp3) is 0.0455. The van der Waals surface area contributed by atoms with E-state index in [1.54, 1.807) is 60.7 Å². The lowest BCUT2D eigenvalue weighted by Crippen LogP contribution is -2.14. The van der Waals surface area contributed by atoms with Crippen LogP contribution >= 0.6 is 0 Å². The molecule has 3 rings (SSSR count). The van der Waals surface area contributed by atoms with Crippen LogP contribution in [0.1, 0.15) is 26.3 Å². The number of carbonyl (C=O) groups is 2. The van der Waals surface area contributed by atoms with Crippen molar-refractivity contribution in [2.24, 2.45) is 5.73 Å². The van der Waals surface area contributed by atoms with Crippen molar-refractivity contribution in [3.05, 3.63) is 89.5 Å². The molecule has 9 heteroatoms. The lowest BCUT2D eigenvalue weighted by atomic mass is 9.98. The molecule has 4 N–H and O–H groups in total. The van der Waals surface area contributed by atoms with Gasteiger partial charge in [0.25, 0.3) is 5.91 Å². The molecule has 0 atom stereocenters. The number of hydrogen-bond donors (Lipinski definition) is 3. The van der Waals surface area contributed by atoms with Gasteiger partial charge in [0.15, 0.2) is 0 Å². The molecule has 31 heavy (non-hydrogen) atoms. The van der Waals surface area contributed by atoms with Crippen molar-refractivity contribution in [1.82, 2.24) is 0 Å². The Hall–Kier alpha value is -3.98. The normalized spacial score (nSPS) is 10.9. The number of rotatable bonds is 6. The Bertz CT molecular complexity index is 1250. The molecule has 0 radical (unpaired) electrons. The third-order valence-corrected chi connectivity index (χ3v) is 4.74. The second-order valence-electron chi connectivity index (χ2n) is 6.64. The number of nitrogens with one attached hydrogen (secondary N) is 2. The first kappa shape index (κ1) is 21.7. The zero-order chi connectivity index (χ0) is 22.6. The fourth-order valence-electron chi connectivity index (χ4n) is 2.84. The van der Waals surface area contributed by atoms with E-state index in [1.165, 1.54) is 12.1 Å². The third kappa shape index (κ3) is 5.55. The van der Waals surface area contributed by atoms with E-state index < -0.39 is 16.1 Å². The summed E-state index contributed by atoms with van der Waals surface area (Å²) in [6.07, 6.45) is 0.793. The van der Waals surface area contributed by atoms with Gasteiger partial charge >= 0.3 is 16.1 Å². The Labute approximate surface area is 179 Å². The van der Waals surface area contributed by atoms with Crippen LogP contribution in [0.5, 0.6) is 0 Å². The highest BCUT2D eigenvalue weighted by molar-refractivity contribution is 7.86. The van der Waals surface area contributed by atoms with Gasteiger partial charge in [-0.3, -0.25) is 10.2 Å². The molecule has 0 unspecified atom stereocenters. The summed E-state index contributed by atoms with van der Waals surface area (Å²) in [5.41, 5.74) is 8.30. The van der Waals surface area contributed by atoms with Gasteiger partial charge in [-0.15, -0.1) is 0 Å². The van der Waals surface area contributed by atoms with Crippen molar-refractivity contribution in [2.45, 2.75) is 0 Å². The molecule has 0 aliphatic carbocycles. The third-order valence-electron chi connectivity index (χ3n) is 4.28. The number of benzene rings is 3. The minimum Gasteiger partial charge on any atom is -0.384 e. The van der Waals surface area contributed by atoms with E-state index in [0.29, 0.717) is 27.9 Å². The van der Waals surface area contributed by atoms with E-state index >= 15 is 0 Å². The largest absolute Gasteiger partial charge is 0.384 e. The maximum absolute atomic E-state index is 12.8. The molecule has 0 spiro atoms. The molecular formula is C22H19N3O5S. The highest BCUT2D eigenvalue weighted by Gasteiger charge is 2.16. The van der Waals surface area contributed by atoms with Crippen LogP contribution in [0.15, 0.2) is 72.8 Å². The molecule has 0 fully saturated rings. The van der Waals surface area contributed by atoms with Crippen LogP contribution in [-0.2, 0) is 14.3 Å². The van der Waals surface area contributed by atoms with Gasteiger partial charge in [-0.1, -0.05) is 30.3 Å². The van der Waals surface area contributed by atoms with Crippen LogP contribution < -0.4 is 11.1 Å². The zero-order valence-electron chi connectivity index (χ0n) is 16.5. The van der Waals surface area contributed by atoms with Gasteiger partial charge in [0.1, 0.15) is 5.84 Å².